The van der Waals surface area contributed by atoms with Crippen LogP contribution in [0.2, 0.25) is 0 Å². The number of likely N-dealkylation sites (tertiary alicyclic amines) is 3. The Labute approximate surface area is 155 Å². The molecule has 6 heteroatoms. The second-order valence-electron chi connectivity index (χ2n) is 9.02. The number of likely N-dealkylation sites (N-methyl/N-ethyl adjacent to an activating group) is 1. The third kappa shape index (κ3) is 2.58. The maximum atomic E-state index is 13.7. The van der Waals surface area contributed by atoms with Gasteiger partial charge in [-0.05, 0) is 45.9 Å². The number of benzene rings is 1. The molecule has 3 aliphatic rings. The lowest BCUT2D eigenvalue weighted by Gasteiger charge is -2.32. The van der Waals surface area contributed by atoms with Gasteiger partial charge >= 0.3 is 0 Å². The Kier molecular flexibility index (Phi) is 4.13. The molecule has 0 radical (unpaired) electrons. The summed E-state index contributed by atoms with van der Waals surface area (Å²) in [5.41, 5.74) is 1.07. The van der Waals surface area contributed by atoms with E-state index in [1.165, 1.54) is 12.1 Å². The summed E-state index contributed by atoms with van der Waals surface area (Å²) in [4.78, 5) is 22.2. The SMILES string of the molecule is CN1CC23CN(C)CC2(C1)CN(C(=O)[C@H](c1cccc(F)c1)N(C)C)C3. The van der Waals surface area contributed by atoms with Gasteiger partial charge in [-0.3, -0.25) is 9.69 Å². The van der Waals surface area contributed by atoms with E-state index in [1.54, 1.807) is 6.07 Å². The fraction of sp³-hybridized carbons (Fsp3) is 0.650. The van der Waals surface area contributed by atoms with Crippen molar-refractivity contribution in [1.82, 2.24) is 19.6 Å². The average Bonchev–Trinajstić information content (AvgIpc) is 3.01. The molecule has 1 aromatic carbocycles. The van der Waals surface area contributed by atoms with Crippen LogP contribution in [0.5, 0.6) is 0 Å². The Balaban J connectivity index is 1.61. The van der Waals surface area contributed by atoms with E-state index in [0.29, 0.717) is 0 Å². The van der Waals surface area contributed by atoms with Gasteiger partial charge in [-0.1, -0.05) is 12.1 Å². The van der Waals surface area contributed by atoms with Gasteiger partial charge in [0.05, 0.1) is 0 Å². The zero-order valence-electron chi connectivity index (χ0n) is 16.2. The molecule has 1 aromatic rings. The molecule has 26 heavy (non-hydrogen) atoms. The van der Waals surface area contributed by atoms with Crippen LogP contribution in [-0.4, -0.2) is 93.0 Å². The molecule has 3 aliphatic heterocycles. The monoisotopic (exact) mass is 360 g/mol. The number of hydrogen-bond donors (Lipinski definition) is 0. The van der Waals surface area contributed by atoms with E-state index >= 15 is 0 Å². The number of carbonyl (C=O) groups excluding carboxylic acids is 1. The Morgan fingerprint density at radius 3 is 2.04 bits per heavy atom. The minimum atomic E-state index is -0.437. The number of rotatable bonds is 3. The van der Waals surface area contributed by atoms with Crippen LogP contribution in [0.1, 0.15) is 11.6 Å². The Bertz CT molecular complexity index is 684. The molecular weight excluding hydrogens is 331 g/mol. The number of nitrogens with zero attached hydrogens (tertiary/aromatic N) is 4. The molecule has 0 unspecified atom stereocenters. The maximum absolute atomic E-state index is 13.7. The fourth-order valence-corrected chi connectivity index (χ4v) is 5.94. The Morgan fingerprint density at radius 2 is 1.58 bits per heavy atom. The quantitative estimate of drug-likeness (QED) is 0.809. The third-order valence-corrected chi connectivity index (χ3v) is 6.63. The van der Waals surface area contributed by atoms with Crippen molar-refractivity contribution in [2.24, 2.45) is 10.8 Å². The van der Waals surface area contributed by atoms with E-state index in [-0.39, 0.29) is 22.6 Å². The van der Waals surface area contributed by atoms with Gasteiger partial charge in [0, 0.05) is 50.1 Å². The molecule has 142 valence electrons. The van der Waals surface area contributed by atoms with Crippen molar-refractivity contribution in [3.63, 3.8) is 0 Å². The lowest BCUT2D eigenvalue weighted by molar-refractivity contribution is -0.136. The highest BCUT2D eigenvalue weighted by atomic mass is 19.1. The van der Waals surface area contributed by atoms with Crippen LogP contribution in [0.15, 0.2) is 24.3 Å². The zero-order chi connectivity index (χ0) is 18.7. The highest BCUT2D eigenvalue weighted by Gasteiger charge is 2.66. The summed E-state index contributed by atoms with van der Waals surface area (Å²) in [6.07, 6.45) is 0. The molecule has 0 spiro atoms. The highest BCUT2D eigenvalue weighted by molar-refractivity contribution is 5.84. The first kappa shape index (κ1) is 17.9. The molecule has 0 aromatic heterocycles. The van der Waals surface area contributed by atoms with E-state index in [9.17, 15) is 9.18 Å². The van der Waals surface area contributed by atoms with Crippen LogP contribution in [0, 0.1) is 16.6 Å². The molecule has 3 heterocycles. The minimum Gasteiger partial charge on any atom is -0.340 e. The van der Waals surface area contributed by atoms with Crippen LogP contribution in [0.25, 0.3) is 0 Å². The van der Waals surface area contributed by atoms with Crippen LogP contribution in [0.4, 0.5) is 4.39 Å². The van der Waals surface area contributed by atoms with Gasteiger partial charge in [0.25, 0.3) is 0 Å². The van der Waals surface area contributed by atoms with Gasteiger partial charge in [0.15, 0.2) is 0 Å². The molecule has 0 saturated carbocycles. The van der Waals surface area contributed by atoms with E-state index in [4.69, 9.17) is 0 Å². The molecule has 1 amide bonds. The molecule has 1 atom stereocenters. The van der Waals surface area contributed by atoms with Crippen LogP contribution >= 0.6 is 0 Å². The van der Waals surface area contributed by atoms with Gasteiger partial charge in [-0.15, -0.1) is 0 Å². The van der Waals surface area contributed by atoms with Crippen LogP contribution < -0.4 is 0 Å². The largest absolute Gasteiger partial charge is 0.340 e. The van der Waals surface area contributed by atoms with Crippen LogP contribution in [-0.2, 0) is 4.79 Å². The highest BCUT2D eigenvalue weighted by Crippen LogP contribution is 2.56. The molecule has 5 nitrogen and oxygen atoms in total. The van der Waals surface area contributed by atoms with Crippen molar-refractivity contribution < 1.29 is 9.18 Å². The Morgan fingerprint density at radius 1 is 1.04 bits per heavy atom. The predicted molar refractivity (Wildman–Crippen MR) is 99.3 cm³/mol. The van der Waals surface area contributed by atoms with E-state index in [1.807, 2.05) is 25.1 Å². The molecule has 3 saturated heterocycles. The van der Waals surface area contributed by atoms with Crippen molar-refractivity contribution >= 4 is 5.91 Å². The van der Waals surface area contributed by atoms with Crippen molar-refractivity contribution in [2.75, 3.05) is 67.5 Å². The normalized spacial score (nSPS) is 32.9. The standard InChI is InChI=1S/C20H29FN4O/c1-22(2)17(15-6-5-7-16(21)8-15)18(26)25-13-19-9-23(3)10-20(19,14-25)12-24(4)11-19/h5-8,17H,9-14H2,1-4H3/t17-,19?,20?/m0/s1. The molecule has 0 N–H and O–H groups in total. The first-order valence-electron chi connectivity index (χ1n) is 9.33. The fourth-order valence-electron chi connectivity index (χ4n) is 5.94. The summed E-state index contributed by atoms with van der Waals surface area (Å²) >= 11 is 0. The lowest BCUT2D eigenvalue weighted by atomic mass is 9.71. The van der Waals surface area contributed by atoms with Crippen molar-refractivity contribution in [2.45, 2.75) is 6.04 Å². The summed E-state index contributed by atoms with van der Waals surface area (Å²) in [6, 6.07) is 6.01. The van der Waals surface area contributed by atoms with Crippen molar-refractivity contribution in [3.05, 3.63) is 35.6 Å². The summed E-state index contributed by atoms with van der Waals surface area (Å²) in [5, 5.41) is 0. The van der Waals surface area contributed by atoms with E-state index < -0.39 is 6.04 Å². The number of carbonyl (C=O) groups is 1. The van der Waals surface area contributed by atoms with Crippen LogP contribution in [0.3, 0.4) is 0 Å². The van der Waals surface area contributed by atoms with E-state index in [0.717, 1.165) is 44.8 Å². The summed E-state index contributed by atoms with van der Waals surface area (Å²) in [7, 11) is 8.16. The first-order chi connectivity index (χ1) is 12.3. The van der Waals surface area contributed by atoms with E-state index in [2.05, 4.69) is 28.8 Å². The lowest BCUT2D eigenvalue weighted by Crippen LogP contribution is -2.44. The first-order valence-corrected chi connectivity index (χ1v) is 9.33. The van der Waals surface area contributed by atoms with Gasteiger partial charge < -0.3 is 14.7 Å². The van der Waals surface area contributed by atoms with Gasteiger partial charge in [0.2, 0.25) is 5.91 Å². The third-order valence-electron chi connectivity index (χ3n) is 6.63. The van der Waals surface area contributed by atoms with Gasteiger partial charge in [0.1, 0.15) is 11.9 Å². The molecule has 3 fully saturated rings. The molecule has 4 rings (SSSR count). The van der Waals surface area contributed by atoms with Crippen molar-refractivity contribution in [1.29, 1.82) is 0 Å². The second kappa shape index (κ2) is 6.01. The number of halogens is 1. The summed E-state index contributed by atoms with van der Waals surface area (Å²) in [6.45, 7) is 5.81. The molecule has 0 aliphatic carbocycles. The minimum absolute atomic E-state index is 0.0981. The second-order valence-corrected chi connectivity index (χ2v) is 9.02. The maximum Gasteiger partial charge on any atom is 0.244 e. The summed E-state index contributed by atoms with van der Waals surface area (Å²) in [5.74, 6) is -0.196. The number of hydrogen-bond acceptors (Lipinski definition) is 4. The average molecular weight is 360 g/mol. The van der Waals surface area contributed by atoms with Gasteiger partial charge in [-0.2, -0.15) is 0 Å². The molecular formula is C20H29FN4O. The topological polar surface area (TPSA) is 30.0 Å². The Hall–Kier alpha value is -1.50. The zero-order valence-corrected chi connectivity index (χ0v) is 16.2. The predicted octanol–water partition coefficient (Wildman–Crippen LogP) is 1.13. The number of amides is 1. The molecule has 0 bridgehead atoms. The smallest absolute Gasteiger partial charge is 0.244 e. The van der Waals surface area contributed by atoms with Gasteiger partial charge in [-0.25, -0.2) is 4.39 Å². The van der Waals surface area contributed by atoms with Crippen molar-refractivity contribution in [3.8, 4) is 0 Å². The summed E-state index contributed by atoms with van der Waals surface area (Å²) < 4.78 is 13.7.